The molecule has 1 aliphatic heterocycles. The van der Waals surface area contributed by atoms with Crippen molar-refractivity contribution < 1.29 is 43.9 Å². The summed E-state index contributed by atoms with van der Waals surface area (Å²) in [6.07, 6.45) is -8.77. The Labute approximate surface area is 221 Å². The molecule has 0 bridgehead atoms. The van der Waals surface area contributed by atoms with Gasteiger partial charge in [-0.3, -0.25) is 0 Å². The Balaban J connectivity index is 1.98. The van der Waals surface area contributed by atoms with Crippen LogP contribution >= 0.6 is 0 Å². The van der Waals surface area contributed by atoms with E-state index >= 15 is 0 Å². The van der Waals surface area contributed by atoms with E-state index in [0.717, 1.165) is 11.2 Å². The minimum absolute atomic E-state index is 0.0188. The summed E-state index contributed by atoms with van der Waals surface area (Å²) >= 11 is 0. The van der Waals surface area contributed by atoms with Gasteiger partial charge >= 0.3 is 18.4 Å². The molecule has 216 valence electrons. The number of hydrogen-bond acceptors (Lipinski definition) is 3. The highest BCUT2D eigenvalue weighted by Crippen LogP contribution is 2.39. The number of carbonyl (C=O) groups is 1. The lowest BCUT2D eigenvalue weighted by atomic mass is 9.90. The first-order chi connectivity index (χ1) is 17.8. The molecule has 6 nitrogen and oxygen atoms in total. The van der Waals surface area contributed by atoms with Crippen molar-refractivity contribution in [3.8, 4) is 0 Å². The van der Waals surface area contributed by atoms with Crippen LogP contribution < -0.4 is 4.72 Å². The Bertz CT molecular complexity index is 1300. The van der Waals surface area contributed by atoms with Crippen LogP contribution in [0.2, 0.25) is 0 Å². The number of likely N-dealkylation sites (tertiary alicyclic amines) is 1. The number of carbonyl (C=O) groups excluding carboxylic acids is 1. The minimum Gasteiger partial charge on any atom is -0.321 e. The van der Waals surface area contributed by atoms with Crippen LogP contribution in [0.4, 0.5) is 35.5 Å². The lowest BCUT2D eigenvalue weighted by Crippen LogP contribution is -2.51. The largest absolute Gasteiger partial charge is 0.416 e. The molecule has 3 atom stereocenters. The number of alkyl halides is 6. The molecule has 39 heavy (non-hydrogen) atoms. The fourth-order valence-electron chi connectivity index (χ4n) is 4.72. The van der Waals surface area contributed by atoms with Crippen LogP contribution in [0.15, 0.2) is 36.4 Å². The zero-order valence-electron chi connectivity index (χ0n) is 21.5. The predicted octanol–water partition coefficient (Wildman–Crippen LogP) is 6.04. The topological polar surface area (TPSA) is 69.7 Å². The number of hydrogen-bond donors (Lipinski definition) is 1. The van der Waals surface area contributed by atoms with Crippen LogP contribution in [0.3, 0.4) is 0 Å². The second-order valence-corrected chi connectivity index (χ2v) is 11.5. The number of aryl methyl sites for hydroxylation is 1. The predicted molar refractivity (Wildman–Crippen MR) is 130 cm³/mol. The highest BCUT2D eigenvalue weighted by molar-refractivity contribution is 7.88. The Morgan fingerprint density at radius 3 is 2.10 bits per heavy atom. The zero-order chi connectivity index (χ0) is 29.5. The smallest absolute Gasteiger partial charge is 0.321 e. The third kappa shape index (κ3) is 7.41. The normalized spacial score (nSPS) is 19.6. The molecule has 0 aliphatic carbocycles. The fourth-order valence-corrected chi connectivity index (χ4v) is 5.54. The van der Waals surface area contributed by atoms with Gasteiger partial charge in [-0.1, -0.05) is 6.07 Å². The van der Waals surface area contributed by atoms with Crippen molar-refractivity contribution in [1.82, 2.24) is 14.5 Å². The van der Waals surface area contributed by atoms with Crippen LogP contribution in [0.1, 0.15) is 59.7 Å². The van der Waals surface area contributed by atoms with E-state index in [1.807, 2.05) is 0 Å². The van der Waals surface area contributed by atoms with Crippen molar-refractivity contribution in [3.63, 3.8) is 0 Å². The summed E-state index contributed by atoms with van der Waals surface area (Å²) in [4.78, 5) is 16.0. The van der Waals surface area contributed by atoms with Gasteiger partial charge in [0, 0.05) is 19.6 Å². The molecule has 1 saturated heterocycles. The van der Waals surface area contributed by atoms with Gasteiger partial charge in [0.15, 0.2) is 0 Å². The maximum atomic E-state index is 13.8. The lowest BCUT2D eigenvalue weighted by Gasteiger charge is -2.43. The summed E-state index contributed by atoms with van der Waals surface area (Å²) in [6.45, 7) is 2.95. The minimum atomic E-state index is -5.04. The third-order valence-electron chi connectivity index (χ3n) is 6.79. The van der Waals surface area contributed by atoms with E-state index in [4.69, 9.17) is 0 Å². The van der Waals surface area contributed by atoms with Crippen LogP contribution in [-0.2, 0) is 22.4 Å². The molecule has 0 unspecified atom stereocenters. The van der Waals surface area contributed by atoms with Crippen LogP contribution in [0.25, 0.3) is 0 Å². The molecule has 2 amide bonds. The first-order valence-corrected chi connectivity index (χ1v) is 13.7. The van der Waals surface area contributed by atoms with Gasteiger partial charge in [0.05, 0.1) is 29.5 Å². The molecule has 2 aromatic rings. The average Bonchev–Trinajstić information content (AvgIpc) is 2.80. The quantitative estimate of drug-likeness (QED) is 0.437. The maximum absolute atomic E-state index is 13.8. The van der Waals surface area contributed by atoms with Crippen molar-refractivity contribution in [2.45, 2.75) is 57.2 Å². The maximum Gasteiger partial charge on any atom is 0.416 e. The second-order valence-electron chi connectivity index (χ2n) is 9.73. The Kier molecular flexibility index (Phi) is 8.61. The zero-order valence-corrected chi connectivity index (χ0v) is 22.3. The van der Waals surface area contributed by atoms with Gasteiger partial charge in [0.1, 0.15) is 5.82 Å². The monoisotopic (exact) mass is 583 g/mol. The van der Waals surface area contributed by atoms with Crippen molar-refractivity contribution in [1.29, 1.82) is 0 Å². The van der Waals surface area contributed by atoms with Crippen molar-refractivity contribution in [2.75, 3.05) is 19.8 Å². The second kappa shape index (κ2) is 11.0. The summed E-state index contributed by atoms with van der Waals surface area (Å²) in [6, 6.07) is 1.89. The summed E-state index contributed by atoms with van der Waals surface area (Å²) in [7, 11) is -2.33. The number of nitrogens with one attached hydrogen (secondary N) is 1. The number of benzene rings is 2. The molecule has 1 heterocycles. The molecule has 1 aliphatic rings. The van der Waals surface area contributed by atoms with Gasteiger partial charge in [0.25, 0.3) is 0 Å². The van der Waals surface area contributed by atoms with Crippen molar-refractivity contribution in [3.05, 3.63) is 70.0 Å². The molecular weight excluding hydrogens is 555 g/mol. The van der Waals surface area contributed by atoms with E-state index in [2.05, 4.69) is 4.72 Å². The Morgan fingerprint density at radius 1 is 1.05 bits per heavy atom. The summed E-state index contributed by atoms with van der Waals surface area (Å²) in [5.41, 5.74) is -2.33. The number of sulfonamides is 1. The van der Waals surface area contributed by atoms with E-state index < -0.39 is 63.5 Å². The van der Waals surface area contributed by atoms with Crippen LogP contribution in [-0.4, -0.2) is 50.1 Å². The first kappa shape index (κ1) is 30.7. The van der Waals surface area contributed by atoms with Crippen molar-refractivity contribution >= 4 is 16.1 Å². The molecule has 1 N–H and O–H groups in total. The molecule has 14 heteroatoms. The summed E-state index contributed by atoms with van der Waals surface area (Å²) < 4.78 is 120. The molecule has 2 aromatic carbocycles. The van der Waals surface area contributed by atoms with E-state index in [1.165, 1.54) is 37.1 Å². The Morgan fingerprint density at radius 2 is 1.62 bits per heavy atom. The highest BCUT2D eigenvalue weighted by Gasteiger charge is 2.39. The molecule has 0 aromatic heterocycles. The number of piperidine rings is 1. The van der Waals surface area contributed by atoms with E-state index in [1.54, 1.807) is 6.92 Å². The van der Waals surface area contributed by atoms with Crippen LogP contribution in [0.5, 0.6) is 0 Å². The fraction of sp³-hybridized carbons (Fsp3) is 0.480. The van der Waals surface area contributed by atoms with Crippen LogP contribution in [0, 0.1) is 12.7 Å². The molecule has 0 saturated carbocycles. The van der Waals surface area contributed by atoms with E-state index in [-0.39, 0.29) is 31.0 Å². The number of rotatable bonds is 5. The van der Waals surface area contributed by atoms with Gasteiger partial charge in [-0.05, 0) is 73.7 Å². The molecule has 3 rings (SSSR count). The average molecular weight is 584 g/mol. The van der Waals surface area contributed by atoms with Gasteiger partial charge in [-0.2, -0.15) is 26.3 Å². The summed E-state index contributed by atoms with van der Waals surface area (Å²) in [5, 5.41) is 0. The van der Waals surface area contributed by atoms with Gasteiger partial charge < -0.3 is 9.80 Å². The first-order valence-electron chi connectivity index (χ1n) is 11.8. The SMILES string of the molecule is Cc1cc(F)ccc1[C@H]1C[C@@H](NS(C)(=O)=O)CCN1C(=O)N(C)[C@H](C)c1cc(C(F)(F)F)cc(C(F)(F)F)c1. The third-order valence-corrected chi connectivity index (χ3v) is 7.56. The standard InChI is InChI=1S/C25H28F7N3O3S/c1-14-9-19(26)5-6-21(14)22-13-20(33-39(4,37)38)7-8-35(22)23(36)34(3)15(2)16-10-17(24(27,28)29)12-18(11-16)25(30,31)32/h5-6,9-12,15,20,22,33H,7-8,13H2,1-4H3/t15-,20+,22-/m1/s1. The number of urea groups is 1. The molecule has 1 fully saturated rings. The lowest BCUT2D eigenvalue weighted by molar-refractivity contribution is -0.143. The van der Waals surface area contributed by atoms with E-state index in [9.17, 15) is 43.9 Å². The molecule has 0 spiro atoms. The molecular formula is C25H28F7N3O3S. The van der Waals surface area contributed by atoms with Crippen molar-refractivity contribution in [2.24, 2.45) is 0 Å². The summed E-state index contributed by atoms with van der Waals surface area (Å²) in [5.74, 6) is -0.522. The number of halogens is 7. The van der Waals surface area contributed by atoms with Gasteiger partial charge in [-0.25, -0.2) is 22.3 Å². The highest BCUT2D eigenvalue weighted by atomic mass is 32.2. The number of amides is 2. The van der Waals surface area contributed by atoms with Gasteiger partial charge in [0.2, 0.25) is 10.0 Å². The Hall–Kier alpha value is -2.87. The van der Waals surface area contributed by atoms with E-state index in [0.29, 0.717) is 23.3 Å². The number of nitrogens with zero attached hydrogens (tertiary/aromatic N) is 2. The molecule has 0 radical (unpaired) electrons. The van der Waals surface area contributed by atoms with Gasteiger partial charge in [-0.15, -0.1) is 0 Å².